The maximum atomic E-state index is 3.62. The van der Waals surface area contributed by atoms with Gasteiger partial charge in [-0.1, -0.05) is 13.8 Å². The molecule has 0 spiro atoms. The quantitative estimate of drug-likeness (QED) is 0.647. The molecule has 0 bridgehead atoms. The Bertz CT molecular complexity index is 299. The van der Waals surface area contributed by atoms with Gasteiger partial charge in [0, 0.05) is 0 Å². The van der Waals surface area contributed by atoms with Gasteiger partial charge in [-0.05, 0) is 57.1 Å². The molecule has 1 aromatic heterocycles. The zero-order chi connectivity index (χ0) is 8.77. The van der Waals surface area contributed by atoms with Gasteiger partial charge in [-0.25, -0.2) is 0 Å². The molecule has 12 heavy (non-hydrogen) atoms. The number of halogens is 1. The Morgan fingerprint density at radius 2 is 2.25 bits per heavy atom. The Labute approximate surface area is 86.1 Å². The minimum atomic E-state index is 0.511. The SMILES string of the molecule is CC1(C)CCc2csc(Br)c2C1. The standard InChI is InChI=1S/C10H13BrS/c1-10(2)4-3-7-6-12-9(11)8(7)5-10/h6H,3-5H2,1-2H3. The first-order valence-electron chi connectivity index (χ1n) is 4.33. The van der Waals surface area contributed by atoms with Gasteiger partial charge in [-0.3, -0.25) is 0 Å². The summed E-state index contributed by atoms with van der Waals surface area (Å²) in [5.41, 5.74) is 3.65. The van der Waals surface area contributed by atoms with E-state index >= 15 is 0 Å². The van der Waals surface area contributed by atoms with E-state index in [0.717, 1.165) is 0 Å². The van der Waals surface area contributed by atoms with Crippen LogP contribution in [0.4, 0.5) is 0 Å². The summed E-state index contributed by atoms with van der Waals surface area (Å²) in [5, 5.41) is 2.30. The molecule has 1 aliphatic rings. The fourth-order valence-corrected chi connectivity index (χ4v) is 3.35. The molecular formula is C10H13BrS. The zero-order valence-corrected chi connectivity index (χ0v) is 9.89. The van der Waals surface area contributed by atoms with Gasteiger partial charge < -0.3 is 0 Å². The van der Waals surface area contributed by atoms with Crippen LogP contribution >= 0.6 is 27.3 Å². The number of rotatable bonds is 0. The molecular weight excluding hydrogens is 232 g/mol. The van der Waals surface area contributed by atoms with E-state index in [1.807, 2.05) is 11.3 Å². The molecule has 0 aliphatic heterocycles. The molecule has 0 aromatic carbocycles. The van der Waals surface area contributed by atoms with Crippen molar-refractivity contribution in [3.63, 3.8) is 0 Å². The third-order valence-electron chi connectivity index (χ3n) is 2.66. The van der Waals surface area contributed by atoms with Gasteiger partial charge in [0.1, 0.15) is 0 Å². The first kappa shape index (κ1) is 8.76. The number of aryl methyl sites for hydroxylation is 1. The molecule has 1 aromatic rings. The Kier molecular flexibility index (Phi) is 2.08. The third kappa shape index (κ3) is 1.47. The topological polar surface area (TPSA) is 0 Å². The molecule has 0 amide bonds. The lowest BCUT2D eigenvalue weighted by atomic mass is 9.76. The Morgan fingerprint density at radius 1 is 1.50 bits per heavy atom. The van der Waals surface area contributed by atoms with Gasteiger partial charge in [0.05, 0.1) is 3.79 Å². The maximum absolute atomic E-state index is 3.62. The maximum Gasteiger partial charge on any atom is 0.0733 e. The summed E-state index contributed by atoms with van der Waals surface area (Å²) < 4.78 is 1.35. The molecule has 1 heterocycles. The van der Waals surface area contributed by atoms with Crippen molar-refractivity contribution in [2.75, 3.05) is 0 Å². The molecule has 0 fully saturated rings. The van der Waals surface area contributed by atoms with Crippen LogP contribution in [0.15, 0.2) is 9.17 Å². The largest absolute Gasteiger partial charge is 0.136 e. The summed E-state index contributed by atoms with van der Waals surface area (Å²) in [6.45, 7) is 4.72. The van der Waals surface area contributed by atoms with Crippen molar-refractivity contribution in [3.8, 4) is 0 Å². The first-order valence-corrected chi connectivity index (χ1v) is 6.00. The van der Waals surface area contributed by atoms with Crippen molar-refractivity contribution < 1.29 is 0 Å². The summed E-state index contributed by atoms with van der Waals surface area (Å²) in [6, 6.07) is 0. The van der Waals surface area contributed by atoms with E-state index in [1.165, 1.54) is 23.0 Å². The predicted octanol–water partition coefficient (Wildman–Crippen LogP) is 4.03. The average Bonchev–Trinajstić information content (AvgIpc) is 2.31. The predicted molar refractivity (Wildman–Crippen MR) is 57.8 cm³/mol. The summed E-state index contributed by atoms with van der Waals surface area (Å²) in [6.07, 6.45) is 3.85. The summed E-state index contributed by atoms with van der Waals surface area (Å²) in [5.74, 6) is 0. The van der Waals surface area contributed by atoms with Crippen LogP contribution in [0.5, 0.6) is 0 Å². The first-order chi connectivity index (χ1) is 5.58. The van der Waals surface area contributed by atoms with E-state index in [-0.39, 0.29) is 0 Å². The van der Waals surface area contributed by atoms with Gasteiger partial charge in [0.2, 0.25) is 0 Å². The number of hydrogen-bond donors (Lipinski definition) is 0. The van der Waals surface area contributed by atoms with Crippen molar-refractivity contribution in [2.45, 2.75) is 33.1 Å². The van der Waals surface area contributed by atoms with Crippen molar-refractivity contribution in [1.29, 1.82) is 0 Å². The third-order valence-corrected chi connectivity index (χ3v) is 4.55. The summed E-state index contributed by atoms with van der Waals surface area (Å²) in [7, 11) is 0. The highest BCUT2D eigenvalue weighted by molar-refractivity contribution is 9.11. The lowest BCUT2D eigenvalue weighted by Gasteiger charge is -2.29. The molecule has 66 valence electrons. The highest BCUT2D eigenvalue weighted by Crippen LogP contribution is 2.40. The minimum Gasteiger partial charge on any atom is -0.136 e. The Hall–Kier alpha value is 0.180. The second kappa shape index (κ2) is 2.85. The molecule has 1 aliphatic carbocycles. The van der Waals surface area contributed by atoms with Crippen molar-refractivity contribution in [1.82, 2.24) is 0 Å². The fourth-order valence-electron chi connectivity index (χ4n) is 1.82. The second-order valence-corrected chi connectivity index (χ2v) is 6.55. The van der Waals surface area contributed by atoms with Crippen LogP contribution in [0, 0.1) is 5.41 Å². The number of hydrogen-bond acceptors (Lipinski definition) is 1. The van der Waals surface area contributed by atoms with Crippen LogP contribution in [0.2, 0.25) is 0 Å². The van der Waals surface area contributed by atoms with E-state index < -0.39 is 0 Å². The van der Waals surface area contributed by atoms with E-state index in [9.17, 15) is 0 Å². The van der Waals surface area contributed by atoms with E-state index in [1.54, 1.807) is 11.1 Å². The van der Waals surface area contributed by atoms with Crippen molar-refractivity contribution in [3.05, 3.63) is 20.3 Å². The van der Waals surface area contributed by atoms with Gasteiger partial charge in [0.25, 0.3) is 0 Å². The molecule has 2 rings (SSSR count). The van der Waals surface area contributed by atoms with Gasteiger partial charge >= 0.3 is 0 Å². The molecule has 0 saturated heterocycles. The van der Waals surface area contributed by atoms with Gasteiger partial charge in [-0.2, -0.15) is 0 Å². The number of thiophene rings is 1. The lowest BCUT2D eigenvalue weighted by Crippen LogP contribution is -2.21. The normalized spacial score (nSPS) is 20.6. The van der Waals surface area contributed by atoms with E-state index in [4.69, 9.17) is 0 Å². The highest BCUT2D eigenvalue weighted by atomic mass is 79.9. The second-order valence-electron chi connectivity index (χ2n) is 4.35. The smallest absolute Gasteiger partial charge is 0.0733 e. The molecule has 2 heteroatoms. The van der Waals surface area contributed by atoms with Crippen LogP contribution in [0.3, 0.4) is 0 Å². The van der Waals surface area contributed by atoms with E-state index in [0.29, 0.717) is 5.41 Å². The molecule has 0 unspecified atom stereocenters. The van der Waals surface area contributed by atoms with Crippen LogP contribution in [-0.4, -0.2) is 0 Å². The zero-order valence-electron chi connectivity index (χ0n) is 7.48. The van der Waals surface area contributed by atoms with Crippen molar-refractivity contribution in [2.24, 2.45) is 5.41 Å². The van der Waals surface area contributed by atoms with Crippen LogP contribution < -0.4 is 0 Å². The Balaban J connectivity index is 2.38. The fraction of sp³-hybridized carbons (Fsp3) is 0.600. The molecule has 0 saturated carbocycles. The Morgan fingerprint density at radius 3 is 3.00 bits per heavy atom. The highest BCUT2D eigenvalue weighted by Gasteiger charge is 2.27. The molecule has 0 nitrogen and oxygen atoms in total. The molecule has 0 radical (unpaired) electrons. The number of fused-ring (bicyclic) bond motifs is 1. The summed E-state index contributed by atoms with van der Waals surface area (Å²) in [4.78, 5) is 0. The van der Waals surface area contributed by atoms with Crippen LogP contribution in [0.1, 0.15) is 31.4 Å². The average molecular weight is 245 g/mol. The van der Waals surface area contributed by atoms with E-state index in [2.05, 4.69) is 35.2 Å². The van der Waals surface area contributed by atoms with Crippen molar-refractivity contribution >= 4 is 27.3 Å². The molecule has 0 N–H and O–H groups in total. The lowest BCUT2D eigenvalue weighted by molar-refractivity contribution is 0.316. The monoisotopic (exact) mass is 244 g/mol. The van der Waals surface area contributed by atoms with Gasteiger partial charge in [-0.15, -0.1) is 11.3 Å². The minimum absolute atomic E-state index is 0.511. The molecule has 0 atom stereocenters. The van der Waals surface area contributed by atoms with Crippen LogP contribution in [0.25, 0.3) is 0 Å². The van der Waals surface area contributed by atoms with Gasteiger partial charge in [0.15, 0.2) is 0 Å². The summed E-state index contributed by atoms with van der Waals surface area (Å²) >= 11 is 5.46. The van der Waals surface area contributed by atoms with Crippen LogP contribution in [-0.2, 0) is 12.8 Å².